The van der Waals surface area contributed by atoms with E-state index in [0.717, 1.165) is 0 Å². The predicted octanol–water partition coefficient (Wildman–Crippen LogP) is 2.54. The molecule has 3 rings (SSSR count). The van der Waals surface area contributed by atoms with Gasteiger partial charge < -0.3 is 0 Å². The number of benzene rings is 1. The maximum Gasteiger partial charge on any atom is 0.152 e. The summed E-state index contributed by atoms with van der Waals surface area (Å²) in [6.45, 7) is 0. The fraction of sp³-hybridized carbons (Fsp3) is 0. The summed E-state index contributed by atoms with van der Waals surface area (Å²) in [6.07, 6.45) is 7.31. The van der Waals surface area contributed by atoms with Crippen LogP contribution in [0.2, 0.25) is 0 Å². The Bertz CT molecular complexity index is 550. The molecule has 0 bridgehead atoms. The number of pyridine rings is 1. The lowest BCUT2D eigenvalue weighted by Crippen LogP contribution is -1.88. The number of aromatic nitrogens is 1. The van der Waals surface area contributed by atoms with Crippen molar-refractivity contribution in [3.8, 4) is 23.5 Å². The quantitative estimate of drug-likeness (QED) is 0.453. The first kappa shape index (κ1) is 10.1. The van der Waals surface area contributed by atoms with Crippen LogP contribution in [0.15, 0.2) is 42.6 Å². The first-order chi connectivity index (χ1) is 7.85. The van der Waals surface area contributed by atoms with Gasteiger partial charge in [0.1, 0.15) is 5.69 Å². The van der Waals surface area contributed by atoms with E-state index in [9.17, 15) is 4.79 Å². The van der Waals surface area contributed by atoms with Crippen molar-refractivity contribution in [3.63, 3.8) is 0 Å². The standard InChI is InChI=1S/C8H5NO.C6H4/c1-2-8-7(6-10)4-3-5-9-8;1-2-5-4-6(5)3-1/h1,3-6H;1-4H. The molecule has 0 N–H and O–H groups in total. The molecule has 0 radical (unpaired) electrons. The van der Waals surface area contributed by atoms with Gasteiger partial charge in [0.05, 0.1) is 0 Å². The first-order valence-electron chi connectivity index (χ1n) is 4.82. The van der Waals surface area contributed by atoms with Crippen LogP contribution in [0.1, 0.15) is 16.1 Å². The Hall–Kier alpha value is -2.40. The van der Waals surface area contributed by atoms with E-state index in [2.05, 4.69) is 35.2 Å². The SMILES string of the molecule is C#Cc1ncccc1C=O.c1cc2cc-2c1. The minimum atomic E-state index is 0.400. The van der Waals surface area contributed by atoms with Crippen molar-refractivity contribution in [2.75, 3.05) is 0 Å². The number of hydrogen-bond acceptors (Lipinski definition) is 2. The molecule has 1 aromatic rings. The largest absolute Gasteiger partial charge is 0.298 e. The lowest BCUT2D eigenvalue weighted by molar-refractivity contribution is 0.112. The summed E-state index contributed by atoms with van der Waals surface area (Å²) in [6, 6.07) is 11.8. The maximum absolute atomic E-state index is 10.3. The second kappa shape index (κ2) is 4.41. The van der Waals surface area contributed by atoms with Crippen molar-refractivity contribution in [3.05, 3.63) is 53.9 Å². The summed E-state index contributed by atoms with van der Waals surface area (Å²) >= 11 is 0. The molecule has 0 aromatic carbocycles. The average Bonchev–Trinajstić information content (AvgIpc) is 2.96. The molecule has 2 aliphatic rings. The minimum Gasteiger partial charge on any atom is -0.298 e. The van der Waals surface area contributed by atoms with E-state index < -0.39 is 0 Å². The van der Waals surface area contributed by atoms with Gasteiger partial charge in [-0.1, -0.05) is 18.2 Å². The highest BCUT2D eigenvalue weighted by atomic mass is 16.1. The van der Waals surface area contributed by atoms with Gasteiger partial charge in [-0.2, -0.15) is 0 Å². The second-order valence-corrected chi connectivity index (χ2v) is 3.28. The van der Waals surface area contributed by atoms with Gasteiger partial charge in [-0.25, -0.2) is 4.98 Å². The van der Waals surface area contributed by atoms with Crippen LogP contribution in [0.25, 0.3) is 11.1 Å². The number of nitrogens with zero attached hydrogens (tertiary/aromatic N) is 1. The van der Waals surface area contributed by atoms with Gasteiger partial charge in [0.15, 0.2) is 6.29 Å². The zero-order chi connectivity index (χ0) is 11.4. The zero-order valence-electron chi connectivity index (χ0n) is 8.55. The third-order valence-corrected chi connectivity index (χ3v) is 2.22. The molecule has 0 amide bonds. The Kier molecular flexibility index (Phi) is 2.79. The Morgan fingerprint density at radius 1 is 1.19 bits per heavy atom. The molecule has 0 fully saturated rings. The van der Waals surface area contributed by atoms with Crippen molar-refractivity contribution >= 4 is 6.29 Å². The van der Waals surface area contributed by atoms with Crippen molar-refractivity contribution in [2.24, 2.45) is 0 Å². The lowest BCUT2D eigenvalue weighted by atomic mass is 10.2. The van der Waals surface area contributed by atoms with Crippen LogP contribution in [0.3, 0.4) is 0 Å². The number of carbonyl (C=O) groups excluding carboxylic acids is 1. The van der Waals surface area contributed by atoms with Crippen molar-refractivity contribution in [1.29, 1.82) is 0 Å². The maximum atomic E-state index is 10.3. The smallest absolute Gasteiger partial charge is 0.152 e. The van der Waals surface area contributed by atoms with Crippen LogP contribution < -0.4 is 0 Å². The molecule has 1 aromatic heterocycles. The van der Waals surface area contributed by atoms with Crippen LogP contribution in [-0.2, 0) is 0 Å². The molecular weight excluding hydrogens is 198 g/mol. The van der Waals surface area contributed by atoms with E-state index >= 15 is 0 Å². The molecule has 0 aliphatic heterocycles. The normalized spacial score (nSPS) is 9.44. The van der Waals surface area contributed by atoms with Gasteiger partial charge in [0.25, 0.3) is 0 Å². The summed E-state index contributed by atoms with van der Waals surface area (Å²) < 4.78 is 0. The molecule has 0 saturated heterocycles. The third-order valence-electron chi connectivity index (χ3n) is 2.22. The Labute approximate surface area is 94.0 Å². The number of carbonyl (C=O) groups is 1. The molecular formula is C14H9NO. The van der Waals surface area contributed by atoms with E-state index in [1.165, 1.54) is 11.1 Å². The molecule has 76 valence electrons. The molecule has 2 aliphatic carbocycles. The van der Waals surface area contributed by atoms with Gasteiger partial charge >= 0.3 is 0 Å². The molecule has 2 nitrogen and oxygen atoms in total. The first-order valence-corrected chi connectivity index (χ1v) is 4.82. The number of aldehydes is 1. The Morgan fingerprint density at radius 2 is 1.94 bits per heavy atom. The van der Waals surface area contributed by atoms with E-state index in [1.807, 2.05) is 0 Å². The highest BCUT2D eigenvalue weighted by Gasteiger charge is 2.06. The fourth-order valence-corrected chi connectivity index (χ4v) is 1.31. The molecule has 0 spiro atoms. The summed E-state index contributed by atoms with van der Waals surface area (Å²) in [7, 11) is 0. The topological polar surface area (TPSA) is 30.0 Å². The zero-order valence-corrected chi connectivity index (χ0v) is 8.55. The highest BCUT2D eigenvalue weighted by Crippen LogP contribution is 2.32. The summed E-state index contributed by atoms with van der Waals surface area (Å²) in [4.78, 5) is 14.1. The van der Waals surface area contributed by atoms with Crippen molar-refractivity contribution in [2.45, 2.75) is 0 Å². The van der Waals surface area contributed by atoms with Crippen LogP contribution in [0, 0.1) is 12.3 Å². The number of terminal acetylenes is 1. The van der Waals surface area contributed by atoms with Crippen LogP contribution in [-0.4, -0.2) is 11.3 Å². The van der Waals surface area contributed by atoms with Gasteiger partial charge in [-0.15, -0.1) is 6.42 Å². The fourth-order valence-electron chi connectivity index (χ4n) is 1.31. The molecule has 0 unspecified atom stereocenters. The molecule has 16 heavy (non-hydrogen) atoms. The summed E-state index contributed by atoms with van der Waals surface area (Å²) in [5, 5.41) is 0. The lowest BCUT2D eigenvalue weighted by Gasteiger charge is -1.90. The third kappa shape index (κ3) is 2.15. The average molecular weight is 207 g/mol. The van der Waals surface area contributed by atoms with E-state index in [1.54, 1.807) is 18.3 Å². The summed E-state index contributed by atoms with van der Waals surface area (Å²) in [5.74, 6) is 2.30. The number of rotatable bonds is 1. The summed E-state index contributed by atoms with van der Waals surface area (Å²) in [5.41, 5.74) is 3.72. The van der Waals surface area contributed by atoms with Crippen molar-refractivity contribution in [1.82, 2.24) is 4.98 Å². The highest BCUT2D eigenvalue weighted by molar-refractivity contribution is 5.80. The van der Waals surface area contributed by atoms with E-state index in [4.69, 9.17) is 6.42 Å². The van der Waals surface area contributed by atoms with E-state index in [0.29, 0.717) is 17.5 Å². The van der Waals surface area contributed by atoms with Crippen LogP contribution in [0.5, 0.6) is 0 Å². The minimum absolute atomic E-state index is 0.400. The molecule has 0 atom stereocenters. The number of hydrogen-bond donors (Lipinski definition) is 0. The van der Waals surface area contributed by atoms with Gasteiger partial charge in [0, 0.05) is 11.8 Å². The van der Waals surface area contributed by atoms with Crippen LogP contribution >= 0.6 is 0 Å². The van der Waals surface area contributed by atoms with Crippen molar-refractivity contribution < 1.29 is 4.79 Å². The monoisotopic (exact) mass is 207 g/mol. The molecule has 2 heteroatoms. The molecule has 0 saturated carbocycles. The Balaban J connectivity index is 0.000000134. The van der Waals surface area contributed by atoms with Gasteiger partial charge in [-0.3, -0.25) is 4.79 Å². The second-order valence-electron chi connectivity index (χ2n) is 3.28. The van der Waals surface area contributed by atoms with Gasteiger partial charge in [0.2, 0.25) is 0 Å². The Morgan fingerprint density at radius 3 is 2.31 bits per heavy atom. The van der Waals surface area contributed by atoms with E-state index in [-0.39, 0.29) is 0 Å². The molecule has 1 heterocycles. The predicted molar refractivity (Wildman–Crippen MR) is 63.0 cm³/mol. The van der Waals surface area contributed by atoms with Crippen LogP contribution in [0.4, 0.5) is 0 Å². The van der Waals surface area contributed by atoms with Gasteiger partial charge in [-0.05, 0) is 35.2 Å². The number of fused-ring (bicyclic) bond motifs is 1.